The van der Waals surface area contributed by atoms with Crippen molar-refractivity contribution < 1.29 is 28.5 Å². The molecule has 2 fully saturated rings. The summed E-state index contributed by atoms with van der Waals surface area (Å²) < 4.78 is 35.0. The number of cyclic esters (lactones) is 2. The quantitative estimate of drug-likeness (QED) is 0.0668. The van der Waals surface area contributed by atoms with Crippen molar-refractivity contribution in [3.63, 3.8) is 0 Å². The van der Waals surface area contributed by atoms with Gasteiger partial charge in [0.25, 0.3) is 0 Å². The molecule has 0 radical (unpaired) electrons. The van der Waals surface area contributed by atoms with Gasteiger partial charge in [0.1, 0.15) is 0 Å². The number of esters is 2. The summed E-state index contributed by atoms with van der Waals surface area (Å²) in [7, 11) is 0. The fourth-order valence-corrected chi connectivity index (χ4v) is 38.9. The Morgan fingerprint density at radius 3 is 0.929 bits per heavy atom. The third kappa shape index (κ3) is 11.6. The van der Waals surface area contributed by atoms with E-state index in [0.717, 1.165) is 24.4 Å². The van der Waals surface area contributed by atoms with Gasteiger partial charge in [-0.05, 0) is 0 Å². The zero-order chi connectivity index (χ0) is 58.5. The summed E-state index contributed by atoms with van der Waals surface area (Å²) in [6.07, 6.45) is -2.26. The molecule has 0 amide bonds. The van der Waals surface area contributed by atoms with E-state index in [-0.39, 0.29) is 35.1 Å². The van der Waals surface area contributed by atoms with Gasteiger partial charge in [0.15, 0.2) is 0 Å². The molecule has 2 saturated heterocycles. The van der Waals surface area contributed by atoms with Crippen LogP contribution in [0.15, 0.2) is 273 Å². The van der Waals surface area contributed by atoms with Crippen LogP contribution in [0.25, 0.3) is 0 Å². The van der Waals surface area contributed by atoms with Gasteiger partial charge in [-0.25, -0.2) is 0 Å². The zero-order valence-corrected chi connectivity index (χ0v) is 52.3. The van der Waals surface area contributed by atoms with Gasteiger partial charge in [0, 0.05) is 0 Å². The van der Waals surface area contributed by atoms with Gasteiger partial charge in [-0.1, -0.05) is 0 Å². The number of hydrogen-bond donors (Lipinski definition) is 0. The van der Waals surface area contributed by atoms with Gasteiger partial charge in [-0.15, -0.1) is 0 Å². The fourth-order valence-electron chi connectivity index (χ4n) is 14.7. The molecule has 0 N–H and O–H groups in total. The summed E-state index contributed by atoms with van der Waals surface area (Å²) in [6.45, 7) is 14.4. The van der Waals surface area contributed by atoms with Crippen molar-refractivity contribution in [2.45, 2.75) is 118 Å². The Morgan fingerprint density at radius 2 is 0.631 bits per heavy atom. The first kappa shape index (κ1) is 58.4. The minimum absolute atomic E-state index is 0.0558. The summed E-state index contributed by atoms with van der Waals surface area (Å²) in [5.74, 6) is -3.20. The van der Waals surface area contributed by atoms with Crippen LogP contribution >= 0.6 is 0 Å². The molecule has 0 aliphatic carbocycles. The number of rotatable bonds is 17. The Balaban J connectivity index is 1.20. The van der Waals surface area contributed by atoms with Gasteiger partial charge >= 0.3 is 505 Å². The maximum atomic E-state index is 17.2. The molecular weight excluding hydrogens is 1140 g/mol. The van der Waals surface area contributed by atoms with E-state index in [2.05, 4.69) is 133 Å². The van der Waals surface area contributed by atoms with Crippen LogP contribution in [-0.4, -0.2) is 42.5 Å². The van der Waals surface area contributed by atoms with E-state index in [1.165, 1.54) is 16.7 Å². The molecule has 2 heterocycles. The Kier molecular flexibility index (Phi) is 16.9. The Bertz CT molecular complexity index is 3330. The van der Waals surface area contributed by atoms with E-state index >= 15 is 9.59 Å². The summed E-state index contributed by atoms with van der Waals surface area (Å²) in [5.41, 5.74) is 3.71. The predicted molar refractivity (Wildman–Crippen MR) is 339 cm³/mol. The number of carbonyl (C=O) groups is 2. The molecule has 0 saturated carbocycles. The Hall–Kier alpha value is -7.36. The van der Waals surface area contributed by atoms with Gasteiger partial charge in [0.05, 0.1) is 0 Å². The normalized spacial score (nSPS) is 19.0. The average Bonchev–Trinajstić information content (AvgIpc) is 2.20. The van der Waals surface area contributed by atoms with Crippen molar-refractivity contribution in [3.8, 4) is 0 Å². The first-order valence-corrected chi connectivity index (χ1v) is 38.0. The topological polar surface area (TPSA) is 71.1 Å². The van der Waals surface area contributed by atoms with Crippen LogP contribution in [-0.2, 0) is 61.8 Å². The summed E-state index contributed by atoms with van der Waals surface area (Å²) in [6, 6.07) is 92.7. The second kappa shape index (κ2) is 24.3. The average molecular weight is 1220 g/mol. The standard InChI is InChI=1S/C47H39O6.3C10H13.Sn/c1-34-32-33-41(48)50-45(35-20-8-2-9-21-35,36-22-10-3-11-23-36)42-43(52-47(51-42,39-28-16-6-17-29-39)40-30-18-7-19-31-40)46(53-44(34)49,37-24-12-4-13-25-37)38-26-14-5-15-27-38;3*1-10(2,3)9-7-5-4-6-8-9;/h2-31,34,42-43H,1,32-33H2;3*4-8H,1H2,2-3H3;/t34-,42+,43+;;;;/m0..../s1. The van der Waals surface area contributed by atoms with Crippen LogP contribution in [0.4, 0.5) is 0 Å². The zero-order valence-electron chi connectivity index (χ0n) is 49.4. The van der Waals surface area contributed by atoms with Crippen molar-refractivity contribution >= 4 is 30.3 Å². The molecular formula is C77H78O6Sn. The van der Waals surface area contributed by atoms with Crippen LogP contribution in [0.2, 0.25) is 17.7 Å². The molecule has 0 spiro atoms. The Labute approximate surface area is 502 Å². The molecule has 2 aliphatic rings. The number of carbonyl (C=O) groups excluding carboxylic acids is 2. The Morgan fingerprint density at radius 1 is 0.369 bits per heavy atom. The van der Waals surface area contributed by atoms with E-state index in [1.807, 2.05) is 182 Å². The van der Waals surface area contributed by atoms with Gasteiger partial charge in [0.2, 0.25) is 0 Å². The van der Waals surface area contributed by atoms with E-state index in [4.69, 9.17) is 18.9 Å². The summed E-state index contributed by atoms with van der Waals surface area (Å²) in [5, 5.41) is 0. The van der Waals surface area contributed by atoms with E-state index in [0.29, 0.717) is 26.7 Å². The molecule has 84 heavy (non-hydrogen) atoms. The van der Waals surface area contributed by atoms with Crippen molar-refractivity contribution in [2.24, 2.45) is 5.92 Å². The fraction of sp³-hybridized carbons (Fsp3) is 0.273. The minimum atomic E-state index is -4.19. The first-order chi connectivity index (χ1) is 40.6. The van der Waals surface area contributed by atoms with E-state index < -0.39 is 59.5 Å². The number of fused-ring (bicyclic) bond motifs is 1. The summed E-state index contributed by atoms with van der Waals surface area (Å²) in [4.78, 5) is 33.1. The molecule has 3 atom stereocenters. The second-order valence-corrected chi connectivity index (χ2v) is 38.2. The van der Waals surface area contributed by atoms with E-state index in [9.17, 15) is 0 Å². The number of benzene rings is 9. The predicted octanol–water partition coefficient (Wildman–Crippen LogP) is 17.4. The van der Waals surface area contributed by atoms with Crippen molar-refractivity contribution in [1.29, 1.82) is 0 Å². The van der Waals surface area contributed by atoms with Gasteiger partial charge in [-0.3, -0.25) is 0 Å². The third-order valence-electron chi connectivity index (χ3n) is 18.1. The van der Waals surface area contributed by atoms with E-state index in [1.54, 1.807) is 0 Å². The number of ether oxygens (including phenoxy) is 4. The molecule has 6 nitrogen and oxygen atoms in total. The molecule has 11 rings (SSSR count). The first-order valence-electron chi connectivity index (χ1n) is 29.9. The molecule has 7 heteroatoms. The second-order valence-electron chi connectivity index (χ2n) is 25.5. The van der Waals surface area contributed by atoms with Crippen LogP contribution in [0.1, 0.15) is 104 Å². The molecule has 0 aromatic heterocycles. The van der Waals surface area contributed by atoms with Crippen LogP contribution in [0.3, 0.4) is 0 Å². The van der Waals surface area contributed by atoms with Crippen LogP contribution in [0.5, 0.6) is 0 Å². The van der Waals surface area contributed by atoms with Crippen molar-refractivity contribution in [2.75, 3.05) is 0 Å². The van der Waals surface area contributed by atoms with Crippen LogP contribution in [0, 0.1) is 5.92 Å². The van der Waals surface area contributed by atoms with Gasteiger partial charge < -0.3 is 0 Å². The SMILES string of the molecule is CC(C)([CH2][Sn]([CH2][C@H]1CCC(=O)OC(c2ccccc2)(c2ccccc2)[C@@H]2OC(c3ccccc3)(c3ccccc3)O[C@H]2C(c2ccccc2)(c2ccccc2)OC1=O)([CH2]C(C)(C)c1ccccc1)[CH2]C(C)(C)c1ccccc1)c1ccccc1. The molecule has 0 bridgehead atoms. The number of hydrogen-bond acceptors (Lipinski definition) is 6. The molecule has 0 unspecified atom stereocenters. The van der Waals surface area contributed by atoms with Crippen LogP contribution < -0.4 is 0 Å². The monoisotopic (exact) mass is 1220 g/mol. The van der Waals surface area contributed by atoms with Crippen molar-refractivity contribution in [1.82, 2.24) is 0 Å². The summed E-state index contributed by atoms with van der Waals surface area (Å²) >= 11 is -4.19. The third-order valence-corrected chi connectivity index (χ3v) is 36.0. The maximum absolute atomic E-state index is 17.2. The van der Waals surface area contributed by atoms with Crippen molar-refractivity contribution in [3.05, 3.63) is 323 Å². The molecule has 2 aliphatic heterocycles. The molecule has 426 valence electrons. The molecule has 9 aromatic carbocycles. The molecule has 9 aromatic rings. The van der Waals surface area contributed by atoms with Gasteiger partial charge in [-0.2, -0.15) is 0 Å².